The summed E-state index contributed by atoms with van der Waals surface area (Å²) in [4.78, 5) is 11.0. The summed E-state index contributed by atoms with van der Waals surface area (Å²) in [7, 11) is 0. The van der Waals surface area contributed by atoms with Gasteiger partial charge in [0.25, 0.3) is 0 Å². The van der Waals surface area contributed by atoms with E-state index in [4.69, 9.17) is 15.3 Å². The molecule has 0 fully saturated rings. The van der Waals surface area contributed by atoms with Gasteiger partial charge in [-0.15, -0.1) is 0 Å². The van der Waals surface area contributed by atoms with E-state index in [0.717, 1.165) is 0 Å². The second kappa shape index (κ2) is 4.54. The van der Waals surface area contributed by atoms with Crippen LogP contribution in [-0.2, 0) is 4.79 Å². The number of hydrogen-bond donors (Lipinski definition) is 3. The van der Waals surface area contributed by atoms with E-state index in [-0.39, 0.29) is 12.8 Å². The molecule has 4 heteroatoms. The van der Waals surface area contributed by atoms with Crippen molar-refractivity contribution in [3.05, 3.63) is 0 Å². The molecule has 0 radical (unpaired) electrons. The summed E-state index contributed by atoms with van der Waals surface area (Å²) >= 11 is 0. The summed E-state index contributed by atoms with van der Waals surface area (Å²) in [6.07, 6.45) is -0.516. The maximum absolute atomic E-state index is 11.0. The number of Topliss-reactive ketones (excluding diaryl/α,β-unsaturated/α-hetero) is 1. The smallest absolute Gasteiger partial charge is 0.224 e. The third kappa shape index (κ3) is 3.80. The van der Waals surface area contributed by atoms with Crippen molar-refractivity contribution in [1.29, 1.82) is 0 Å². The molecular weight excluding hydrogens is 160 g/mol. The van der Waals surface area contributed by atoms with E-state index < -0.39 is 17.7 Å². The summed E-state index contributed by atoms with van der Waals surface area (Å²) in [5, 5.41) is 27.1. The second-order valence-corrected chi connectivity index (χ2v) is 3.04. The first-order valence-electron chi connectivity index (χ1n) is 4.06. The van der Waals surface area contributed by atoms with Crippen LogP contribution in [0.15, 0.2) is 0 Å². The summed E-state index contributed by atoms with van der Waals surface area (Å²) in [6, 6.07) is 0. The van der Waals surface area contributed by atoms with Crippen molar-refractivity contribution in [2.45, 2.75) is 45.0 Å². The van der Waals surface area contributed by atoms with Gasteiger partial charge in [0.2, 0.25) is 5.79 Å². The maximum Gasteiger partial charge on any atom is 0.224 e. The molecule has 4 nitrogen and oxygen atoms in total. The van der Waals surface area contributed by atoms with Crippen LogP contribution in [0.1, 0.15) is 33.1 Å². The minimum atomic E-state index is -2.26. The normalized spacial score (nSPS) is 14.4. The fourth-order valence-corrected chi connectivity index (χ4v) is 0.920. The first-order chi connectivity index (χ1) is 5.40. The molecule has 0 aromatic heterocycles. The van der Waals surface area contributed by atoms with E-state index in [1.165, 1.54) is 6.92 Å². The Labute approximate surface area is 71.8 Å². The lowest BCUT2D eigenvalue weighted by molar-refractivity contribution is -0.186. The highest BCUT2D eigenvalue weighted by Gasteiger charge is 2.31. The Hall–Kier alpha value is -0.450. The number of aliphatic hydroxyl groups excluding tert-OH is 1. The van der Waals surface area contributed by atoms with Gasteiger partial charge in [0.1, 0.15) is 0 Å². The lowest BCUT2D eigenvalue weighted by Gasteiger charge is -2.19. The Balaban J connectivity index is 4.06. The Morgan fingerprint density at radius 2 is 2.00 bits per heavy atom. The van der Waals surface area contributed by atoms with E-state index >= 15 is 0 Å². The predicted molar refractivity (Wildman–Crippen MR) is 43.4 cm³/mol. The van der Waals surface area contributed by atoms with Gasteiger partial charge in [-0.25, -0.2) is 0 Å². The number of rotatable bonds is 5. The van der Waals surface area contributed by atoms with E-state index in [0.29, 0.717) is 6.42 Å². The molecule has 72 valence electrons. The number of hydrogen-bond acceptors (Lipinski definition) is 4. The van der Waals surface area contributed by atoms with Crippen LogP contribution in [0, 0.1) is 0 Å². The fourth-order valence-electron chi connectivity index (χ4n) is 0.920. The molecule has 0 aromatic rings. The molecular formula is C8H16O4. The summed E-state index contributed by atoms with van der Waals surface area (Å²) in [6.45, 7) is 3.18. The molecule has 0 heterocycles. The van der Waals surface area contributed by atoms with Crippen LogP contribution in [0.4, 0.5) is 0 Å². The van der Waals surface area contributed by atoms with Crippen LogP contribution in [0.2, 0.25) is 0 Å². The Morgan fingerprint density at radius 1 is 1.50 bits per heavy atom. The van der Waals surface area contributed by atoms with Gasteiger partial charge in [-0.3, -0.25) is 4.79 Å². The second-order valence-electron chi connectivity index (χ2n) is 3.04. The molecule has 1 unspecified atom stereocenters. The van der Waals surface area contributed by atoms with Crippen LogP contribution in [-0.4, -0.2) is 33.0 Å². The number of aliphatic hydroxyl groups is 3. The van der Waals surface area contributed by atoms with Crippen molar-refractivity contribution in [3.63, 3.8) is 0 Å². The van der Waals surface area contributed by atoms with E-state index in [1.807, 2.05) is 0 Å². The van der Waals surface area contributed by atoms with Crippen LogP contribution in [0.5, 0.6) is 0 Å². The highest BCUT2D eigenvalue weighted by Crippen LogP contribution is 2.13. The maximum atomic E-state index is 11.0. The van der Waals surface area contributed by atoms with Crippen molar-refractivity contribution < 1.29 is 20.1 Å². The lowest BCUT2D eigenvalue weighted by atomic mass is 10.0. The van der Waals surface area contributed by atoms with Gasteiger partial charge in [0.05, 0.1) is 6.10 Å². The van der Waals surface area contributed by atoms with Crippen LogP contribution < -0.4 is 0 Å². The van der Waals surface area contributed by atoms with Gasteiger partial charge >= 0.3 is 0 Å². The minimum Gasteiger partial charge on any atom is -0.393 e. The van der Waals surface area contributed by atoms with Gasteiger partial charge in [0, 0.05) is 12.8 Å². The van der Waals surface area contributed by atoms with E-state index in [2.05, 4.69) is 0 Å². The molecule has 0 amide bonds. The summed E-state index contributed by atoms with van der Waals surface area (Å²) in [5.74, 6) is -2.98. The Kier molecular flexibility index (Phi) is 4.37. The van der Waals surface area contributed by atoms with Crippen LogP contribution in [0.3, 0.4) is 0 Å². The minimum absolute atomic E-state index is 0.0125. The van der Waals surface area contributed by atoms with Crippen LogP contribution in [0.25, 0.3) is 0 Å². The zero-order valence-corrected chi connectivity index (χ0v) is 7.45. The largest absolute Gasteiger partial charge is 0.393 e. The van der Waals surface area contributed by atoms with Gasteiger partial charge in [0.15, 0.2) is 5.78 Å². The first kappa shape index (κ1) is 11.6. The monoisotopic (exact) mass is 176 g/mol. The average Bonchev–Trinajstić information content (AvgIpc) is 1.85. The molecule has 12 heavy (non-hydrogen) atoms. The Morgan fingerprint density at radius 3 is 2.33 bits per heavy atom. The highest BCUT2D eigenvalue weighted by molar-refractivity contribution is 5.85. The predicted octanol–water partition coefficient (Wildman–Crippen LogP) is -0.193. The molecule has 0 bridgehead atoms. The molecule has 0 saturated heterocycles. The van der Waals surface area contributed by atoms with Crippen molar-refractivity contribution in [2.24, 2.45) is 0 Å². The average molecular weight is 176 g/mol. The van der Waals surface area contributed by atoms with Crippen molar-refractivity contribution in [1.82, 2.24) is 0 Å². The highest BCUT2D eigenvalue weighted by atomic mass is 16.5. The lowest BCUT2D eigenvalue weighted by Crippen LogP contribution is -2.39. The topological polar surface area (TPSA) is 77.8 Å². The third-order valence-corrected chi connectivity index (χ3v) is 1.53. The number of carbonyl (C=O) groups excluding carboxylic acids is 1. The zero-order chi connectivity index (χ0) is 9.78. The molecule has 3 N–H and O–H groups in total. The van der Waals surface area contributed by atoms with Crippen molar-refractivity contribution in [3.8, 4) is 0 Å². The van der Waals surface area contributed by atoms with Crippen molar-refractivity contribution in [2.75, 3.05) is 0 Å². The third-order valence-electron chi connectivity index (χ3n) is 1.53. The van der Waals surface area contributed by atoms with Gasteiger partial charge in [-0.1, -0.05) is 13.3 Å². The molecule has 0 aliphatic rings. The molecule has 1 atom stereocenters. The standard InChI is InChI=1S/C8H16O4/c1-3-4-8(11,12)7(10)5-6(2)9/h6,9,11-12H,3-5H2,1-2H3. The summed E-state index contributed by atoms with van der Waals surface area (Å²) < 4.78 is 0. The van der Waals surface area contributed by atoms with Gasteiger partial charge in [-0.05, 0) is 6.92 Å². The van der Waals surface area contributed by atoms with E-state index in [1.54, 1.807) is 6.92 Å². The molecule has 0 aliphatic carbocycles. The molecule has 0 aromatic carbocycles. The molecule has 0 saturated carbocycles. The fraction of sp³-hybridized carbons (Fsp3) is 0.875. The van der Waals surface area contributed by atoms with Crippen molar-refractivity contribution >= 4 is 5.78 Å². The Bertz CT molecular complexity index is 151. The van der Waals surface area contributed by atoms with E-state index in [9.17, 15) is 4.79 Å². The SMILES string of the molecule is CCCC(O)(O)C(=O)CC(C)O. The molecule has 0 spiro atoms. The number of ketones is 1. The molecule has 0 rings (SSSR count). The van der Waals surface area contributed by atoms with Gasteiger partial charge < -0.3 is 15.3 Å². The first-order valence-corrected chi connectivity index (χ1v) is 4.06. The zero-order valence-electron chi connectivity index (χ0n) is 7.45. The van der Waals surface area contributed by atoms with Gasteiger partial charge in [-0.2, -0.15) is 0 Å². The van der Waals surface area contributed by atoms with Crippen LogP contribution >= 0.6 is 0 Å². The summed E-state index contributed by atoms with van der Waals surface area (Å²) in [5.41, 5.74) is 0. The quantitative estimate of drug-likeness (QED) is 0.507. The number of carbonyl (C=O) groups is 1. The molecule has 0 aliphatic heterocycles.